The van der Waals surface area contributed by atoms with Crippen molar-refractivity contribution in [3.05, 3.63) is 12.2 Å². The summed E-state index contributed by atoms with van der Waals surface area (Å²) in [5, 5.41) is 12.1. The Morgan fingerprint density at radius 2 is 2.05 bits per heavy atom. The Morgan fingerprint density at radius 3 is 2.58 bits per heavy atom. The molecule has 0 bridgehead atoms. The Morgan fingerprint density at radius 1 is 1.37 bits per heavy atom. The smallest absolute Gasteiger partial charge is 0.311 e. The standard InChI is InChI=1S/C13H20N2O4/c14-10-2-1-9(7-10)11(16)15-8-13(12(17)18)3-5-19-6-4-13/h1-2,9-10H,3-8,14H2,(H,15,16)(H,17,18). The first-order chi connectivity index (χ1) is 9.03. The highest BCUT2D eigenvalue weighted by Crippen LogP contribution is 2.30. The van der Waals surface area contributed by atoms with Crippen LogP contribution in [0.4, 0.5) is 0 Å². The highest BCUT2D eigenvalue weighted by atomic mass is 16.5. The number of amides is 1. The zero-order valence-electron chi connectivity index (χ0n) is 10.8. The van der Waals surface area contributed by atoms with Gasteiger partial charge in [-0.25, -0.2) is 0 Å². The fourth-order valence-corrected chi connectivity index (χ4v) is 2.54. The number of carboxylic acids is 1. The van der Waals surface area contributed by atoms with Crippen LogP contribution in [0, 0.1) is 11.3 Å². The molecule has 106 valence electrons. The number of nitrogens with two attached hydrogens (primary N) is 1. The van der Waals surface area contributed by atoms with Gasteiger partial charge in [-0.15, -0.1) is 0 Å². The van der Waals surface area contributed by atoms with Crippen molar-refractivity contribution in [1.29, 1.82) is 0 Å². The van der Waals surface area contributed by atoms with Gasteiger partial charge in [0.05, 0.1) is 11.3 Å². The molecule has 6 nitrogen and oxygen atoms in total. The molecule has 19 heavy (non-hydrogen) atoms. The highest BCUT2D eigenvalue weighted by molar-refractivity contribution is 5.82. The zero-order valence-corrected chi connectivity index (χ0v) is 10.8. The molecular weight excluding hydrogens is 248 g/mol. The lowest BCUT2D eigenvalue weighted by molar-refractivity contribution is -0.154. The van der Waals surface area contributed by atoms with Gasteiger partial charge in [0.25, 0.3) is 0 Å². The van der Waals surface area contributed by atoms with Gasteiger partial charge in [0.15, 0.2) is 0 Å². The van der Waals surface area contributed by atoms with Crippen molar-refractivity contribution < 1.29 is 19.4 Å². The van der Waals surface area contributed by atoms with E-state index in [2.05, 4.69) is 5.32 Å². The first-order valence-corrected chi connectivity index (χ1v) is 6.56. The van der Waals surface area contributed by atoms with E-state index in [1.165, 1.54) is 0 Å². The lowest BCUT2D eigenvalue weighted by Gasteiger charge is -2.33. The summed E-state index contributed by atoms with van der Waals surface area (Å²) in [5.74, 6) is -1.24. The minimum Gasteiger partial charge on any atom is -0.481 e. The number of carbonyl (C=O) groups is 2. The fourth-order valence-electron chi connectivity index (χ4n) is 2.54. The van der Waals surface area contributed by atoms with Crippen molar-refractivity contribution in [2.75, 3.05) is 19.8 Å². The molecule has 0 radical (unpaired) electrons. The molecule has 1 aliphatic carbocycles. The van der Waals surface area contributed by atoms with Crippen LogP contribution in [0.2, 0.25) is 0 Å². The first-order valence-electron chi connectivity index (χ1n) is 6.56. The molecule has 2 unspecified atom stereocenters. The van der Waals surface area contributed by atoms with Gasteiger partial charge in [-0.1, -0.05) is 12.2 Å². The maximum atomic E-state index is 12.0. The number of hydrogen-bond acceptors (Lipinski definition) is 4. The molecule has 2 aliphatic rings. The maximum absolute atomic E-state index is 12.0. The van der Waals surface area contributed by atoms with Gasteiger partial charge < -0.3 is 20.9 Å². The van der Waals surface area contributed by atoms with Crippen LogP contribution in [0.25, 0.3) is 0 Å². The average Bonchev–Trinajstić information content (AvgIpc) is 2.83. The van der Waals surface area contributed by atoms with E-state index in [1.54, 1.807) is 6.08 Å². The summed E-state index contributed by atoms with van der Waals surface area (Å²) in [6.07, 6.45) is 5.06. The Hall–Kier alpha value is -1.40. The van der Waals surface area contributed by atoms with E-state index in [-0.39, 0.29) is 24.4 Å². The highest BCUT2D eigenvalue weighted by Gasteiger charge is 2.40. The molecular formula is C13H20N2O4. The molecule has 1 amide bonds. The average molecular weight is 268 g/mol. The SMILES string of the molecule is NC1C=CC(C(=O)NCC2(C(=O)O)CCOCC2)C1. The fraction of sp³-hybridized carbons (Fsp3) is 0.692. The third-order valence-electron chi connectivity index (χ3n) is 3.96. The lowest BCUT2D eigenvalue weighted by atomic mass is 9.80. The third-order valence-corrected chi connectivity index (χ3v) is 3.96. The second kappa shape index (κ2) is 5.71. The summed E-state index contributed by atoms with van der Waals surface area (Å²) in [5.41, 5.74) is 4.81. The number of ether oxygens (including phenoxy) is 1. The monoisotopic (exact) mass is 268 g/mol. The molecule has 1 saturated heterocycles. The van der Waals surface area contributed by atoms with Gasteiger partial charge in [0.1, 0.15) is 0 Å². The zero-order chi connectivity index (χ0) is 13.9. The van der Waals surface area contributed by atoms with Crippen LogP contribution in [0.5, 0.6) is 0 Å². The van der Waals surface area contributed by atoms with Gasteiger partial charge in [0.2, 0.25) is 5.91 Å². The third kappa shape index (κ3) is 3.13. The Labute approximate surface area is 112 Å². The van der Waals surface area contributed by atoms with Crippen LogP contribution >= 0.6 is 0 Å². The van der Waals surface area contributed by atoms with E-state index >= 15 is 0 Å². The molecule has 0 spiro atoms. The minimum absolute atomic E-state index is 0.0766. The van der Waals surface area contributed by atoms with Crippen molar-refractivity contribution in [2.24, 2.45) is 17.1 Å². The summed E-state index contributed by atoms with van der Waals surface area (Å²) < 4.78 is 5.19. The lowest BCUT2D eigenvalue weighted by Crippen LogP contribution is -2.47. The summed E-state index contributed by atoms with van der Waals surface area (Å²) in [7, 11) is 0. The second-order valence-electron chi connectivity index (χ2n) is 5.31. The van der Waals surface area contributed by atoms with E-state index in [1.807, 2.05) is 6.08 Å². The number of rotatable bonds is 4. The van der Waals surface area contributed by atoms with Crippen molar-refractivity contribution in [2.45, 2.75) is 25.3 Å². The molecule has 4 N–H and O–H groups in total. The van der Waals surface area contributed by atoms with Crippen molar-refractivity contribution in [3.63, 3.8) is 0 Å². The number of carboxylic acid groups (broad SMARTS) is 1. The van der Waals surface area contributed by atoms with Crippen LogP contribution < -0.4 is 11.1 Å². The predicted molar refractivity (Wildman–Crippen MR) is 68.4 cm³/mol. The minimum atomic E-state index is -0.891. The quantitative estimate of drug-likeness (QED) is 0.617. The van der Waals surface area contributed by atoms with E-state index < -0.39 is 11.4 Å². The first kappa shape index (κ1) is 14.0. The van der Waals surface area contributed by atoms with Crippen LogP contribution in [0.15, 0.2) is 12.2 Å². The molecule has 2 rings (SSSR count). The summed E-state index contributed by atoms with van der Waals surface area (Å²) in [4.78, 5) is 23.4. The number of carbonyl (C=O) groups excluding carboxylic acids is 1. The molecule has 1 heterocycles. The number of nitrogens with one attached hydrogen (secondary N) is 1. The van der Waals surface area contributed by atoms with Gasteiger partial charge in [-0.3, -0.25) is 9.59 Å². The molecule has 1 fully saturated rings. The number of hydrogen-bond donors (Lipinski definition) is 3. The van der Waals surface area contributed by atoms with Crippen LogP contribution in [0.3, 0.4) is 0 Å². The van der Waals surface area contributed by atoms with Gasteiger partial charge in [-0.2, -0.15) is 0 Å². The maximum Gasteiger partial charge on any atom is 0.311 e. The second-order valence-corrected chi connectivity index (χ2v) is 5.31. The van der Waals surface area contributed by atoms with E-state index in [9.17, 15) is 14.7 Å². The van der Waals surface area contributed by atoms with Gasteiger partial charge >= 0.3 is 5.97 Å². The van der Waals surface area contributed by atoms with Crippen LogP contribution in [-0.2, 0) is 14.3 Å². The number of aliphatic carboxylic acids is 1. The van der Waals surface area contributed by atoms with E-state index in [0.29, 0.717) is 32.5 Å². The van der Waals surface area contributed by atoms with E-state index in [0.717, 1.165) is 0 Å². The summed E-state index contributed by atoms with van der Waals surface area (Å²) in [6.45, 7) is 1.01. The van der Waals surface area contributed by atoms with Crippen molar-refractivity contribution in [1.82, 2.24) is 5.32 Å². The molecule has 0 aromatic heterocycles. The predicted octanol–water partition coefficient (Wildman–Crippen LogP) is -0.113. The molecule has 1 aliphatic heterocycles. The van der Waals surface area contributed by atoms with E-state index in [4.69, 9.17) is 10.5 Å². The van der Waals surface area contributed by atoms with Crippen LogP contribution in [0.1, 0.15) is 19.3 Å². The summed E-state index contributed by atoms with van der Waals surface area (Å²) in [6, 6.07) is -0.0766. The Balaban J connectivity index is 1.90. The van der Waals surface area contributed by atoms with Crippen LogP contribution in [-0.4, -0.2) is 42.8 Å². The van der Waals surface area contributed by atoms with Gasteiger partial charge in [-0.05, 0) is 19.3 Å². The largest absolute Gasteiger partial charge is 0.481 e. The Kier molecular flexibility index (Phi) is 4.21. The van der Waals surface area contributed by atoms with Gasteiger partial charge in [0, 0.05) is 25.8 Å². The molecule has 0 aromatic rings. The summed E-state index contributed by atoms with van der Waals surface area (Å²) >= 11 is 0. The molecule has 6 heteroatoms. The topological polar surface area (TPSA) is 102 Å². The normalized spacial score (nSPS) is 29.1. The molecule has 0 saturated carbocycles. The van der Waals surface area contributed by atoms with Crippen molar-refractivity contribution in [3.8, 4) is 0 Å². The molecule has 0 aromatic carbocycles. The molecule has 2 atom stereocenters. The Bertz CT molecular complexity index is 388. The van der Waals surface area contributed by atoms with Crippen molar-refractivity contribution >= 4 is 11.9 Å².